The van der Waals surface area contributed by atoms with E-state index < -0.39 is 0 Å². The molecule has 23 heavy (non-hydrogen) atoms. The van der Waals surface area contributed by atoms with E-state index in [0.717, 1.165) is 25.3 Å². The highest BCUT2D eigenvalue weighted by atomic mass is 15.2. The van der Waals surface area contributed by atoms with Crippen LogP contribution in [0.25, 0.3) is 11.3 Å². The number of aromatic nitrogens is 2. The lowest BCUT2D eigenvalue weighted by molar-refractivity contribution is 0.139. The standard InChI is InChI=1S/C20H19N3/c1-2-10-22-20(8-1)17-6-3-5-16(11-17)13-23-14-19(15-23)18-7-4-9-21-12-18/h1-12,19H,13-15H2. The van der Waals surface area contributed by atoms with Crippen molar-refractivity contribution in [2.75, 3.05) is 13.1 Å². The van der Waals surface area contributed by atoms with Crippen LogP contribution in [-0.2, 0) is 6.54 Å². The molecule has 2 aromatic heterocycles. The fourth-order valence-corrected chi connectivity index (χ4v) is 3.15. The van der Waals surface area contributed by atoms with Gasteiger partial charge in [-0.25, -0.2) is 0 Å². The Morgan fingerprint density at radius 2 is 1.91 bits per heavy atom. The molecule has 3 heterocycles. The molecule has 0 unspecified atom stereocenters. The Hall–Kier alpha value is -2.52. The van der Waals surface area contributed by atoms with Crippen LogP contribution in [0.5, 0.6) is 0 Å². The molecule has 0 saturated carbocycles. The van der Waals surface area contributed by atoms with Crippen LogP contribution in [-0.4, -0.2) is 28.0 Å². The Morgan fingerprint density at radius 1 is 0.957 bits per heavy atom. The molecule has 0 spiro atoms. The van der Waals surface area contributed by atoms with Crippen molar-refractivity contribution in [2.24, 2.45) is 0 Å². The number of benzene rings is 1. The Bertz CT molecular complexity index is 765. The summed E-state index contributed by atoms with van der Waals surface area (Å²) in [5.74, 6) is 0.627. The molecule has 0 atom stereocenters. The van der Waals surface area contributed by atoms with Gasteiger partial charge >= 0.3 is 0 Å². The summed E-state index contributed by atoms with van der Waals surface area (Å²) in [4.78, 5) is 11.1. The molecule has 0 amide bonds. The molecule has 4 rings (SSSR count). The highest BCUT2D eigenvalue weighted by molar-refractivity contribution is 5.59. The number of nitrogens with zero attached hydrogens (tertiary/aromatic N) is 3. The molecule has 0 bridgehead atoms. The van der Waals surface area contributed by atoms with Gasteiger partial charge in [-0.05, 0) is 35.4 Å². The SMILES string of the molecule is c1ccc(-c2cccc(CN3CC(c4cccnc4)C3)c2)nc1. The largest absolute Gasteiger partial charge is 0.298 e. The zero-order valence-corrected chi connectivity index (χ0v) is 13.0. The van der Waals surface area contributed by atoms with Crippen LogP contribution < -0.4 is 0 Å². The van der Waals surface area contributed by atoms with E-state index in [1.165, 1.54) is 16.7 Å². The van der Waals surface area contributed by atoms with Crippen LogP contribution in [0.1, 0.15) is 17.0 Å². The summed E-state index contributed by atoms with van der Waals surface area (Å²) >= 11 is 0. The minimum atomic E-state index is 0.627. The van der Waals surface area contributed by atoms with Crippen LogP contribution in [0.4, 0.5) is 0 Å². The van der Waals surface area contributed by atoms with Gasteiger partial charge in [-0.1, -0.05) is 30.3 Å². The van der Waals surface area contributed by atoms with Crippen molar-refractivity contribution in [3.8, 4) is 11.3 Å². The molecule has 3 nitrogen and oxygen atoms in total. The predicted molar refractivity (Wildman–Crippen MR) is 91.9 cm³/mol. The minimum absolute atomic E-state index is 0.627. The van der Waals surface area contributed by atoms with Crippen molar-refractivity contribution in [3.05, 3.63) is 84.3 Å². The van der Waals surface area contributed by atoms with E-state index in [1.54, 1.807) is 0 Å². The molecular formula is C20H19N3. The van der Waals surface area contributed by atoms with Crippen molar-refractivity contribution >= 4 is 0 Å². The molecule has 1 aliphatic rings. The fraction of sp³-hybridized carbons (Fsp3) is 0.200. The number of hydrogen-bond donors (Lipinski definition) is 0. The third-order valence-corrected chi connectivity index (χ3v) is 4.41. The Balaban J connectivity index is 1.41. The van der Waals surface area contributed by atoms with Crippen LogP contribution in [0.15, 0.2) is 73.2 Å². The maximum absolute atomic E-state index is 4.43. The molecule has 1 saturated heterocycles. The first-order valence-electron chi connectivity index (χ1n) is 8.01. The first-order valence-corrected chi connectivity index (χ1v) is 8.01. The summed E-state index contributed by atoms with van der Waals surface area (Å²) in [5, 5.41) is 0. The van der Waals surface area contributed by atoms with Crippen LogP contribution in [0.3, 0.4) is 0 Å². The molecule has 0 aliphatic carbocycles. The van der Waals surface area contributed by atoms with Crippen LogP contribution in [0, 0.1) is 0 Å². The summed E-state index contributed by atoms with van der Waals surface area (Å²) in [5.41, 5.74) is 4.92. The van der Waals surface area contributed by atoms with Crippen LogP contribution >= 0.6 is 0 Å². The molecule has 1 aromatic carbocycles. The van der Waals surface area contributed by atoms with Gasteiger partial charge in [0.05, 0.1) is 5.69 Å². The molecular weight excluding hydrogens is 282 g/mol. The van der Waals surface area contributed by atoms with Crippen molar-refractivity contribution < 1.29 is 0 Å². The third-order valence-electron chi connectivity index (χ3n) is 4.41. The predicted octanol–water partition coefficient (Wildman–Crippen LogP) is 3.74. The van der Waals surface area contributed by atoms with Gasteiger partial charge in [-0.15, -0.1) is 0 Å². The van der Waals surface area contributed by atoms with E-state index in [2.05, 4.69) is 51.3 Å². The summed E-state index contributed by atoms with van der Waals surface area (Å²) in [6.45, 7) is 3.22. The Morgan fingerprint density at radius 3 is 2.70 bits per heavy atom. The topological polar surface area (TPSA) is 29.0 Å². The van der Waals surface area contributed by atoms with E-state index in [1.807, 2.05) is 36.8 Å². The van der Waals surface area contributed by atoms with Gasteiger partial charge in [0.25, 0.3) is 0 Å². The summed E-state index contributed by atoms with van der Waals surface area (Å²) in [7, 11) is 0. The zero-order valence-electron chi connectivity index (χ0n) is 13.0. The third kappa shape index (κ3) is 3.15. The van der Waals surface area contributed by atoms with Gasteiger partial charge in [0.1, 0.15) is 0 Å². The maximum atomic E-state index is 4.43. The molecule has 3 aromatic rings. The zero-order chi connectivity index (χ0) is 15.5. The smallest absolute Gasteiger partial charge is 0.0702 e. The molecule has 1 fully saturated rings. The lowest BCUT2D eigenvalue weighted by Gasteiger charge is -2.39. The average Bonchev–Trinajstić information content (AvgIpc) is 2.59. The second kappa shape index (κ2) is 6.31. The van der Waals surface area contributed by atoms with Crippen molar-refractivity contribution in [1.29, 1.82) is 0 Å². The Kier molecular flexibility index (Phi) is 3.86. The second-order valence-corrected chi connectivity index (χ2v) is 6.09. The monoisotopic (exact) mass is 301 g/mol. The number of pyridine rings is 2. The highest BCUT2D eigenvalue weighted by Crippen LogP contribution is 2.28. The van der Waals surface area contributed by atoms with E-state index in [4.69, 9.17) is 0 Å². The normalized spacial score (nSPS) is 15.3. The number of likely N-dealkylation sites (tertiary alicyclic amines) is 1. The van der Waals surface area contributed by atoms with Crippen molar-refractivity contribution in [2.45, 2.75) is 12.5 Å². The van der Waals surface area contributed by atoms with Crippen molar-refractivity contribution in [3.63, 3.8) is 0 Å². The fourth-order valence-electron chi connectivity index (χ4n) is 3.15. The van der Waals surface area contributed by atoms with Crippen molar-refractivity contribution in [1.82, 2.24) is 14.9 Å². The quantitative estimate of drug-likeness (QED) is 0.735. The molecule has 114 valence electrons. The van der Waals surface area contributed by atoms with Gasteiger partial charge in [-0.2, -0.15) is 0 Å². The van der Waals surface area contributed by atoms with Gasteiger partial charge < -0.3 is 0 Å². The molecule has 0 N–H and O–H groups in total. The molecule has 0 radical (unpaired) electrons. The van der Waals surface area contributed by atoms with E-state index >= 15 is 0 Å². The molecule has 1 aliphatic heterocycles. The Labute approximate surface area is 136 Å². The lowest BCUT2D eigenvalue weighted by atomic mass is 9.92. The minimum Gasteiger partial charge on any atom is -0.298 e. The second-order valence-electron chi connectivity index (χ2n) is 6.09. The van der Waals surface area contributed by atoms with Gasteiger partial charge in [0.15, 0.2) is 0 Å². The summed E-state index contributed by atoms with van der Waals surface area (Å²) in [6.07, 6.45) is 5.67. The van der Waals surface area contributed by atoms with Gasteiger partial charge in [0, 0.05) is 49.7 Å². The number of hydrogen-bond acceptors (Lipinski definition) is 3. The van der Waals surface area contributed by atoms with Crippen LogP contribution in [0.2, 0.25) is 0 Å². The maximum Gasteiger partial charge on any atom is 0.0702 e. The van der Waals surface area contributed by atoms with E-state index in [0.29, 0.717) is 5.92 Å². The summed E-state index contributed by atoms with van der Waals surface area (Å²) in [6, 6.07) is 18.9. The highest BCUT2D eigenvalue weighted by Gasteiger charge is 2.27. The average molecular weight is 301 g/mol. The van der Waals surface area contributed by atoms with E-state index in [-0.39, 0.29) is 0 Å². The van der Waals surface area contributed by atoms with Gasteiger partial charge in [-0.3, -0.25) is 14.9 Å². The first kappa shape index (κ1) is 14.1. The molecule has 3 heteroatoms. The first-order chi connectivity index (χ1) is 11.4. The summed E-state index contributed by atoms with van der Waals surface area (Å²) < 4.78 is 0. The number of rotatable bonds is 4. The van der Waals surface area contributed by atoms with E-state index in [9.17, 15) is 0 Å². The van der Waals surface area contributed by atoms with Gasteiger partial charge in [0.2, 0.25) is 0 Å². The lowest BCUT2D eigenvalue weighted by Crippen LogP contribution is -2.44.